The number of fused-ring (bicyclic) bond motifs is 1. The van der Waals surface area contributed by atoms with Gasteiger partial charge in [0.1, 0.15) is 5.75 Å². The van der Waals surface area contributed by atoms with E-state index in [9.17, 15) is 14.4 Å². The number of carbonyl (C=O) groups is 2. The van der Waals surface area contributed by atoms with Crippen LogP contribution < -0.4 is 15.3 Å². The molecule has 7 heteroatoms. The van der Waals surface area contributed by atoms with Gasteiger partial charge in [0, 0.05) is 30.4 Å². The number of pyridine rings is 1. The Morgan fingerprint density at radius 2 is 1.60 bits per heavy atom. The van der Waals surface area contributed by atoms with Crippen LogP contribution in [0.3, 0.4) is 0 Å². The Morgan fingerprint density at radius 3 is 2.30 bits per heavy atom. The SMILES string of the molecule is Cc1cc(=O)n(N2C(=O)CCCC2=O)c2cc(OCCCCCCCCI)ccc12. The number of hydrogen-bond donors (Lipinski definition) is 0. The Bertz CT molecular complexity index is 954. The van der Waals surface area contributed by atoms with Crippen LogP contribution in [0.15, 0.2) is 29.1 Å². The van der Waals surface area contributed by atoms with E-state index in [1.54, 1.807) is 6.07 Å². The van der Waals surface area contributed by atoms with Crippen molar-refractivity contribution in [2.45, 2.75) is 64.7 Å². The minimum atomic E-state index is -0.382. The van der Waals surface area contributed by atoms with Crippen LogP contribution in [0.1, 0.15) is 63.4 Å². The smallest absolute Gasteiger partial charge is 0.270 e. The number of amides is 2. The molecule has 0 unspecified atom stereocenters. The summed E-state index contributed by atoms with van der Waals surface area (Å²) in [7, 11) is 0. The molecule has 0 N–H and O–H groups in total. The predicted octanol–water partition coefficient (Wildman–Crippen LogP) is 4.64. The molecule has 162 valence electrons. The second-order valence-electron chi connectivity index (χ2n) is 7.77. The summed E-state index contributed by atoms with van der Waals surface area (Å²) in [5, 5.41) is 1.83. The summed E-state index contributed by atoms with van der Waals surface area (Å²) in [5.41, 5.74) is 0.952. The van der Waals surface area contributed by atoms with Crippen LogP contribution in [0, 0.1) is 6.92 Å². The molecule has 30 heavy (non-hydrogen) atoms. The van der Waals surface area contributed by atoms with Gasteiger partial charge in [0.05, 0.1) is 12.1 Å². The fourth-order valence-electron chi connectivity index (χ4n) is 3.82. The van der Waals surface area contributed by atoms with E-state index in [4.69, 9.17) is 4.74 Å². The maximum Gasteiger partial charge on any atom is 0.270 e. The number of alkyl halides is 1. The molecule has 1 aromatic carbocycles. The molecule has 2 aromatic rings. The first kappa shape index (κ1) is 22.8. The van der Waals surface area contributed by atoms with Gasteiger partial charge in [-0.05, 0) is 48.3 Å². The molecule has 0 saturated carbocycles. The molecular weight excluding hydrogens is 495 g/mol. The van der Waals surface area contributed by atoms with E-state index >= 15 is 0 Å². The lowest BCUT2D eigenvalue weighted by molar-refractivity contribution is -0.131. The van der Waals surface area contributed by atoms with Crippen molar-refractivity contribution >= 4 is 45.3 Å². The fourth-order valence-corrected chi connectivity index (χ4v) is 4.36. The number of rotatable bonds is 10. The highest BCUT2D eigenvalue weighted by Gasteiger charge is 2.29. The van der Waals surface area contributed by atoms with Crippen LogP contribution in [0.25, 0.3) is 10.9 Å². The largest absolute Gasteiger partial charge is 0.494 e. The maximum absolute atomic E-state index is 12.7. The fraction of sp³-hybridized carbons (Fsp3) is 0.522. The van der Waals surface area contributed by atoms with Crippen molar-refractivity contribution in [3.8, 4) is 5.75 Å². The van der Waals surface area contributed by atoms with E-state index in [2.05, 4.69) is 22.6 Å². The van der Waals surface area contributed by atoms with Crippen LogP contribution in [-0.2, 0) is 9.59 Å². The summed E-state index contributed by atoms with van der Waals surface area (Å²) >= 11 is 2.41. The number of aryl methyl sites for hydroxylation is 1. The van der Waals surface area contributed by atoms with Gasteiger partial charge < -0.3 is 4.74 Å². The monoisotopic (exact) mass is 524 g/mol. The van der Waals surface area contributed by atoms with Crippen molar-refractivity contribution in [1.82, 2.24) is 4.68 Å². The molecule has 0 radical (unpaired) electrons. The first-order valence-corrected chi connectivity index (χ1v) is 12.3. The molecule has 1 aromatic heterocycles. The molecule has 2 heterocycles. The van der Waals surface area contributed by atoms with Crippen molar-refractivity contribution in [3.63, 3.8) is 0 Å². The van der Waals surface area contributed by atoms with E-state index in [0.29, 0.717) is 24.3 Å². The number of carbonyl (C=O) groups excluding carboxylic acids is 2. The van der Waals surface area contributed by atoms with Crippen LogP contribution >= 0.6 is 22.6 Å². The van der Waals surface area contributed by atoms with Crippen molar-refractivity contribution in [1.29, 1.82) is 0 Å². The minimum Gasteiger partial charge on any atom is -0.494 e. The van der Waals surface area contributed by atoms with Gasteiger partial charge in [-0.25, -0.2) is 4.68 Å². The molecule has 0 aliphatic carbocycles. The number of piperidine rings is 1. The summed E-state index contributed by atoms with van der Waals surface area (Å²) in [6.45, 7) is 2.46. The number of hydrogen-bond acceptors (Lipinski definition) is 4. The summed E-state index contributed by atoms with van der Waals surface area (Å²) in [5.74, 6) is -0.0390. The Hall–Kier alpha value is -1.90. The molecule has 0 atom stereocenters. The number of halogens is 1. The minimum absolute atomic E-state index is 0.265. The van der Waals surface area contributed by atoms with Crippen molar-refractivity contribution in [2.75, 3.05) is 16.0 Å². The number of aromatic nitrogens is 1. The van der Waals surface area contributed by atoms with E-state index in [1.807, 2.05) is 19.1 Å². The van der Waals surface area contributed by atoms with Gasteiger partial charge >= 0.3 is 0 Å². The molecule has 3 rings (SSSR count). The zero-order valence-electron chi connectivity index (χ0n) is 17.5. The first-order chi connectivity index (χ1) is 14.5. The lowest BCUT2D eigenvalue weighted by Crippen LogP contribution is -2.52. The molecular formula is C23H29IN2O4. The average molecular weight is 524 g/mol. The topological polar surface area (TPSA) is 68.6 Å². The lowest BCUT2D eigenvalue weighted by Gasteiger charge is -2.27. The van der Waals surface area contributed by atoms with Gasteiger partial charge in [-0.2, -0.15) is 5.01 Å². The zero-order valence-corrected chi connectivity index (χ0v) is 19.7. The highest BCUT2D eigenvalue weighted by molar-refractivity contribution is 14.1. The summed E-state index contributed by atoms with van der Waals surface area (Å²) in [6, 6.07) is 7.00. The van der Waals surface area contributed by atoms with Gasteiger partial charge in [0.25, 0.3) is 5.56 Å². The second-order valence-corrected chi connectivity index (χ2v) is 8.85. The van der Waals surface area contributed by atoms with Crippen molar-refractivity contribution < 1.29 is 14.3 Å². The molecule has 1 aliphatic heterocycles. The second kappa shape index (κ2) is 10.9. The number of benzene rings is 1. The third-order valence-corrected chi connectivity index (χ3v) is 6.18. The average Bonchev–Trinajstić information content (AvgIpc) is 2.72. The van der Waals surface area contributed by atoms with Crippen LogP contribution in [0.2, 0.25) is 0 Å². The molecule has 1 saturated heterocycles. The first-order valence-electron chi connectivity index (χ1n) is 10.7. The van der Waals surface area contributed by atoms with Crippen molar-refractivity contribution in [3.05, 3.63) is 40.2 Å². The molecule has 1 fully saturated rings. The molecule has 1 aliphatic rings. The maximum atomic E-state index is 12.7. The number of ether oxygens (including phenoxy) is 1. The highest BCUT2D eigenvalue weighted by atomic mass is 127. The molecule has 0 spiro atoms. The van der Waals surface area contributed by atoms with Crippen molar-refractivity contribution in [2.24, 2.45) is 0 Å². The van der Waals surface area contributed by atoms with E-state index < -0.39 is 0 Å². The Kier molecular flexibility index (Phi) is 8.30. The molecule has 2 amide bonds. The number of unbranched alkanes of at least 4 members (excludes halogenated alkanes) is 5. The van der Waals surface area contributed by atoms with Gasteiger partial charge in [-0.3, -0.25) is 14.4 Å². The normalized spacial score (nSPS) is 14.5. The summed E-state index contributed by atoms with van der Waals surface area (Å²) in [4.78, 5) is 37.6. The van der Waals surface area contributed by atoms with Crippen LogP contribution in [-0.4, -0.2) is 27.5 Å². The van der Waals surface area contributed by atoms with E-state index in [1.165, 1.54) is 40.9 Å². The zero-order chi connectivity index (χ0) is 21.5. The number of imide groups is 1. The van der Waals surface area contributed by atoms with Gasteiger partial charge in [0.2, 0.25) is 11.8 Å². The third kappa shape index (κ3) is 5.42. The lowest BCUT2D eigenvalue weighted by atomic mass is 10.1. The quantitative estimate of drug-likeness (QED) is 0.197. The van der Waals surface area contributed by atoms with E-state index in [0.717, 1.165) is 28.8 Å². The Balaban J connectivity index is 1.77. The van der Waals surface area contributed by atoms with Gasteiger partial charge in [0.15, 0.2) is 0 Å². The van der Waals surface area contributed by atoms with Crippen LogP contribution in [0.4, 0.5) is 0 Å². The Labute approximate surface area is 190 Å². The third-order valence-electron chi connectivity index (χ3n) is 5.42. The standard InChI is InChI=1S/C23H29IN2O4/c1-17-15-23(29)25(26-21(27)9-8-10-22(26)28)20-16-18(11-12-19(17)20)30-14-7-5-3-2-4-6-13-24/h11-12,15-16H,2-10,13-14H2,1H3. The predicted molar refractivity (Wildman–Crippen MR) is 127 cm³/mol. The summed E-state index contributed by atoms with van der Waals surface area (Å²) < 4.78 is 8.35. The van der Waals surface area contributed by atoms with Gasteiger partial charge in [-0.15, -0.1) is 0 Å². The molecule has 6 nitrogen and oxygen atoms in total. The molecule has 0 bridgehead atoms. The van der Waals surface area contributed by atoms with Gasteiger partial charge in [-0.1, -0.05) is 48.3 Å². The highest BCUT2D eigenvalue weighted by Crippen LogP contribution is 2.24. The number of nitrogens with zero attached hydrogens (tertiary/aromatic N) is 2. The van der Waals surface area contributed by atoms with Crippen LogP contribution in [0.5, 0.6) is 5.75 Å². The summed E-state index contributed by atoms with van der Waals surface area (Å²) in [6.07, 6.45) is 8.23. The van der Waals surface area contributed by atoms with E-state index in [-0.39, 0.29) is 30.2 Å². The Morgan fingerprint density at radius 1 is 0.933 bits per heavy atom.